The summed E-state index contributed by atoms with van der Waals surface area (Å²) in [6.45, 7) is 7.38. The number of aliphatic hydroxyl groups is 1. The fourth-order valence-corrected chi connectivity index (χ4v) is 3.05. The lowest BCUT2D eigenvalue weighted by atomic mass is 9.85. The maximum atomic E-state index is 9.22. The largest absolute Gasteiger partial charge is 0.480 e. The van der Waals surface area contributed by atoms with Gasteiger partial charge < -0.3 is 15.2 Å². The summed E-state index contributed by atoms with van der Waals surface area (Å²) in [5.74, 6) is 0.668. The zero-order chi connectivity index (χ0) is 14.8. The third-order valence-corrected chi connectivity index (χ3v) is 4.25. The minimum atomic E-state index is 0.0917. The Bertz CT molecular complexity index is 556. The molecule has 0 spiro atoms. The van der Waals surface area contributed by atoms with Gasteiger partial charge in [0.05, 0.1) is 7.11 Å². The monoisotopic (exact) mass is 297 g/mol. The second kappa shape index (κ2) is 6.11. The summed E-state index contributed by atoms with van der Waals surface area (Å²) < 4.78 is 7.40. The molecule has 0 saturated carbocycles. The molecule has 0 saturated heterocycles. The highest BCUT2D eigenvalue weighted by atomic mass is 32.1. The minimum Gasteiger partial charge on any atom is -0.480 e. The number of hydrogen-bond acceptors (Lipinski definition) is 5. The number of imidazole rings is 1. The van der Waals surface area contributed by atoms with Gasteiger partial charge in [-0.1, -0.05) is 20.8 Å². The van der Waals surface area contributed by atoms with Crippen LogP contribution in [0.15, 0.2) is 11.6 Å². The van der Waals surface area contributed by atoms with Gasteiger partial charge in [-0.05, 0) is 11.8 Å². The number of nitrogens with zero attached hydrogens (tertiary/aromatic N) is 2. The molecule has 2 aromatic rings. The van der Waals surface area contributed by atoms with Crippen LogP contribution in [0.1, 0.15) is 32.9 Å². The second-order valence-corrected chi connectivity index (χ2v) is 6.81. The maximum absolute atomic E-state index is 9.22. The summed E-state index contributed by atoms with van der Waals surface area (Å²) in [4.78, 5) is 5.39. The van der Waals surface area contributed by atoms with Crippen molar-refractivity contribution in [3.8, 4) is 5.88 Å². The quantitative estimate of drug-likeness (QED) is 0.859. The molecule has 2 aromatic heterocycles. The molecule has 5 nitrogen and oxygen atoms in total. The Morgan fingerprint density at radius 2 is 2.25 bits per heavy atom. The predicted octanol–water partition coefficient (Wildman–Crippen LogP) is 2.29. The summed E-state index contributed by atoms with van der Waals surface area (Å²) in [5.41, 5.74) is 1.12. The highest BCUT2D eigenvalue weighted by Gasteiger charge is 2.24. The summed E-state index contributed by atoms with van der Waals surface area (Å²) in [6, 6.07) is 0.237. The minimum absolute atomic E-state index is 0.0917. The van der Waals surface area contributed by atoms with Gasteiger partial charge in [-0.3, -0.25) is 4.40 Å². The number of nitrogens with one attached hydrogen (secondary N) is 1. The van der Waals surface area contributed by atoms with Gasteiger partial charge in [-0.2, -0.15) is 4.98 Å². The van der Waals surface area contributed by atoms with Crippen LogP contribution in [-0.2, 0) is 6.54 Å². The molecule has 0 bridgehead atoms. The van der Waals surface area contributed by atoms with Crippen LogP contribution in [0, 0.1) is 5.41 Å². The summed E-state index contributed by atoms with van der Waals surface area (Å²) in [5, 5.41) is 14.8. The first-order valence-corrected chi connectivity index (χ1v) is 7.68. The molecular formula is C14H23N3O2S. The third-order valence-electron chi connectivity index (χ3n) is 3.50. The normalized spacial score (nSPS) is 13.8. The molecule has 0 aliphatic carbocycles. The molecule has 2 N–H and O–H groups in total. The van der Waals surface area contributed by atoms with Crippen molar-refractivity contribution in [3.63, 3.8) is 0 Å². The maximum Gasteiger partial charge on any atom is 0.237 e. The lowest BCUT2D eigenvalue weighted by molar-refractivity contribution is 0.195. The van der Waals surface area contributed by atoms with Crippen LogP contribution in [0.25, 0.3) is 4.96 Å². The predicted molar refractivity (Wildman–Crippen MR) is 81.4 cm³/mol. The Morgan fingerprint density at radius 1 is 1.50 bits per heavy atom. The number of rotatable bonds is 6. The summed E-state index contributed by atoms with van der Waals surface area (Å²) in [6.07, 6.45) is 2.74. The molecule has 0 aromatic carbocycles. The zero-order valence-corrected chi connectivity index (χ0v) is 13.3. The van der Waals surface area contributed by atoms with Gasteiger partial charge in [-0.25, -0.2) is 0 Å². The van der Waals surface area contributed by atoms with Crippen molar-refractivity contribution in [1.29, 1.82) is 0 Å². The number of fused-ring (bicyclic) bond motifs is 1. The average Bonchev–Trinajstić information content (AvgIpc) is 2.93. The lowest BCUT2D eigenvalue weighted by Crippen LogP contribution is -2.40. The molecule has 20 heavy (non-hydrogen) atoms. The van der Waals surface area contributed by atoms with Crippen LogP contribution in [0.5, 0.6) is 5.88 Å². The molecule has 0 radical (unpaired) electrons. The van der Waals surface area contributed by atoms with E-state index in [1.54, 1.807) is 18.4 Å². The van der Waals surface area contributed by atoms with Crippen LogP contribution in [0.4, 0.5) is 0 Å². The molecule has 0 amide bonds. The fourth-order valence-electron chi connectivity index (χ4n) is 2.33. The first-order valence-electron chi connectivity index (χ1n) is 6.80. The Balaban J connectivity index is 2.16. The van der Waals surface area contributed by atoms with Crippen LogP contribution < -0.4 is 10.1 Å². The number of thiazole rings is 1. The SMILES string of the molecule is COc1nc2sccn2c1CNC(CCO)C(C)(C)C. The zero-order valence-electron chi connectivity index (χ0n) is 12.5. The number of ether oxygens (including phenoxy) is 1. The molecule has 0 aliphatic rings. The van der Waals surface area contributed by atoms with Gasteiger partial charge in [0, 0.05) is 30.8 Å². The molecule has 1 atom stereocenters. The molecule has 1 unspecified atom stereocenters. The van der Waals surface area contributed by atoms with Gasteiger partial charge in [-0.15, -0.1) is 11.3 Å². The van der Waals surface area contributed by atoms with Crippen molar-refractivity contribution in [3.05, 3.63) is 17.3 Å². The lowest BCUT2D eigenvalue weighted by Gasteiger charge is -2.31. The standard InChI is InChI=1S/C14H23N3O2S/c1-14(2,3)11(5-7-18)15-9-10-12(19-4)16-13-17(10)6-8-20-13/h6,8,11,15,18H,5,7,9H2,1-4H3. The van der Waals surface area contributed by atoms with Crippen molar-refractivity contribution in [1.82, 2.24) is 14.7 Å². The topological polar surface area (TPSA) is 58.8 Å². The molecule has 112 valence electrons. The molecule has 2 heterocycles. The Morgan fingerprint density at radius 3 is 2.85 bits per heavy atom. The van der Waals surface area contributed by atoms with E-state index in [9.17, 15) is 5.11 Å². The average molecular weight is 297 g/mol. The van der Waals surface area contributed by atoms with E-state index in [1.165, 1.54) is 0 Å². The molecule has 6 heteroatoms. The Labute approximate surface area is 123 Å². The van der Waals surface area contributed by atoms with Crippen molar-refractivity contribution >= 4 is 16.3 Å². The van der Waals surface area contributed by atoms with E-state index in [4.69, 9.17) is 4.74 Å². The van der Waals surface area contributed by atoms with Crippen molar-refractivity contribution < 1.29 is 9.84 Å². The van der Waals surface area contributed by atoms with Gasteiger partial charge in [0.25, 0.3) is 0 Å². The van der Waals surface area contributed by atoms with Crippen LogP contribution in [0.3, 0.4) is 0 Å². The van der Waals surface area contributed by atoms with Gasteiger partial charge >= 0.3 is 0 Å². The number of aromatic nitrogens is 2. The van der Waals surface area contributed by atoms with E-state index in [0.29, 0.717) is 12.4 Å². The number of methoxy groups -OCH3 is 1. The van der Waals surface area contributed by atoms with E-state index in [0.717, 1.165) is 17.1 Å². The van der Waals surface area contributed by atoms with Crippen LogP contribution >= 0.6 is 11.3 Å². The van der Waals surface area contributed by atoms with E-state index in [-0.39, 0.29) is 18.1 Å². The van der Waals surface area contributed by atoms with Crippen LogP contribution in [-0.4, -0.2) is 34.2 Å². The van der Waals surface area contributed by atoms with Crippen molar-refractivity contribution in [2.75, 3.05) is 13.7 Å². The first kappa shape index (κ1) is 15.3. The number of aliphatic hydroxyl groups excluding tert-OH is 1. The summed E-state index contributed by atoms with van der Waals surface area (Å²) in [7, 11) is 1.64. The highest BCUT2D eigenvalue weighted by Crippen LogP contribution is 2.25. The highest BCUT2D eigenvalue weighted by molar-refractivity contribution is 7.15. The Hall–Kier alpha value is -1.11. The van der Waals surface area contributed by atoms with E-state index in [2.05, 4.69) is 35.5 Å². The van der Waals surface area contributed by atoms with Crippen molar-refractivity contribution in [2.45, 2.75) is 39.8 Å². The Kier molecular flexibility index (Phi) is 4.67. The van der Waals surface area contributed by atoms with E-state index in [1.807, 2.05) is 11.6 Å². The second-order valence-electron chi connectivity index (χ2n) is 5.94. The van der Waals surface area contributed by atoms with Crippen LogP contribution in [0.2, 0.25) is 0 Å². The molecule has 0 fully saturated rings. The fraction of sp³-hybridized carbons (Fsp3) is 0.643. The molecule has 0 aliphatic heterocycles. The first-order chi connectivity index (χ1) is 9.47. The van der Waals surface area contributed by atoms with Crippen molar-refractivity contribution in [2.24, 2.45) is 5.41 Å². The third kappa shape index (κ3) is 3.13. The number of hydrogen-bond donors (Lipinski definition) is 2. The summed E-state index contributed by atoms with van der Waals surface area (Å²) >= 11 is 1.59. The van der Waals surface area contributed by atoms with Gasteiger partial charge in [0.1, 0.15) is 5.69 Å². The molecule has 2 rings (SSSR count). The van der Waals surface area contributed by atoms with Gasteiger partial charge in [0.15, 0.2) is 4.96 Å². The smallest absolute Gasteiger partial charge is 0.237 e. The molecular weight excluding hydrogens is 274 g/mol. The van der Waals surface area contributed by atoms with Gasteiger partial charge in [0.2, 0.25) is 5.88 Å². The van der Waals surface area contributed by atoms with E-state index < -0.39 is 0 Å². The van der Waals surface area contributed by atoms with E-state index >= 15 is 0 Å².